The van der Waals surface area contributed by atoms with Crippen molar-refractivity contribution in [3.05, 3.63) is 24.3 Å². The number of hydrogen-bond acceptors (Lipinski definition) is 2. The van der Waals surface area contributed by atoms with Gasteiger partial charge in [-0.05, 0) is 49.8 Å². The average molecular weight is 286 g/mol. The molecule has 0 aliphatic heterocycles. The number of carbonyl (C=O) groups is 1. The summed E-state index contributed by atoms with van der Waals surface area (Å²) in [7, 11) is 0. The Hall–Kier alpha value is -1.51. The molecule has 2 fully saturated rings. The topological polar surface area (TPSA) is 41.1 Å². The average Bonchev–Trinajstić information content (AvgIpc) is 3.32. The highest BCUT2D eigenvalue weighted by Gasteiger charge is 2.29. The van der Waals surface area contributed by atoms with Gasteiger partial charge >= 0.3 is 0 Å². The summed E-state index contributed by atoms with van der Waals surface area (Å²) < 4.78 is 0. The van der Waals surface area contributed by atoms with Crippen LogP contribution in [0, 0.1) is 11.8 Å². The molecule has 0 bridgehead atoms. The van der Waals surface area contributed by atoms with Crippen LogP contribution in [0.4, 0.5) is 11.4 Å². The van der Waals surface area contributed by atoms with Crippen LogP contribution in [0.25, 0.3) is 0 Å². The SMILES string of the molecule is CCC1CCCC(Nc2cccc(NC(=O)C3CC3)c2)C1. The second-order valence-corrected chi connectivity index (χ2v) is 6.63. The second-order valence-electron chi connectivity index (χ2n) is 6.63. The van der Waals surface area contributed by atoms with Gasteiger partial charge in [0.1, 0.15) is 0 Å². The Bertz CT molecular complexity index is 496. The van der Waals surface area contributed by atoms with Crippen LogP contribution in [0.3, 0.4) is 0 Å². The van der Waals surface area contributed by atoms with Crippen molar-refractivity contribution in [2.45, 2.75) is 57.9 Å². The molecule has 1 aromatic carbocycles. The van der Waals surface area contributed by atoms with Gasteiger partial charge in [0.25, 0.3) is 0 Å². The van der Waals surface area contributed by atoms with Gasteiger partial charge in [-0.25, -0.2) is 0 Å². The summed E-state index contributed by atoms with van der Waals surface area (Å²) in [6.45, 7) is 2.29. The molecule has 0 aromatic heterocycles. The minimum absolute atomic E-state index is 0.177. The van der Waals surface area contributed by atoms with Gasteiger partial charge in [-0.2, -0.15) is 0 Å². The van der Waals surface area contributed by atoms with Crippen LogP contribution in [0.2, 0.25) is 0 Å². The summed E-state index contributed by atoms with van der Waals surface area (Å²) in [5.41, 5.74) is 2.05. The Morgan fingerprint density at radius 3 is 2.76 bits per heavy atom. The van der Waals surface area contributed by atoms with Crippen LogP contribution in [0.15, 0.2) is 24.3 Å². The number of hydrogen-bond donors (Lipinski definition) is 2. The first-order valence-corrected chi connectivity index (χ1v) is 8.42. The first-order valence-electron chi connectivity index (χ1n) is 8.42. The molecular weight excluding hydrogens is 260 g/mol. The number of rotatable bonds is 5. The van der Waals surface area contributed by atoms with Gasteiger partial charge in [0, 0.05) is 23.3 Å². The van der Waals surface area contributed by atoms with Crippen LogP contribution in [0.5, 0.6) is 0 Å². The maximum absolute atomic E-state index is 11.8. The van der Waals surface area contributed by atoms with E-state index in [9.17, 15) is 4.79 Å². The highest BCUT2D eigenvalue weighted by Crippen LogP contribution is 2.31. The number of amides is 1. The van der Waals surface area contributed by atoms with E-state index in [2.05, 4.69) is 29.7 Å². The van der Waals surface area contributed by atoms with Crippen molar-refractivity contribution in [1.29, 1.82) is 0 Å². The first-order chi connectivity index (χ1) is 10.2. The zero-order valence-electron chi connectivity index (χ0n) is 12.9. The molecule has 114 valence electrons. The van der Waals surface area contributed by atoms with Crippen molar-refractivity contribution < 1.29 is 4.79 Å². The predicted molar refractivity (Wildman–Crippen MR) is 87.5 cm³/mol. The third-order valence-electron chi connectivity index (χ3n) is 4.81. The van der Waals surface area contributed by atoms with Crippen molar-refractivity contribution in [2.75, 3.05) is 10.6 Å². The van der Waals surface area contributed by atoms with E-state index in [0.29, 0.717) is 6.04 Å². The Balaban J connectivity index is 1.58. The fourth-order valence-corrected chi connectivity index (χ4v) is 3.31. The second kappa shape index (κ2) is 6.50. The minimum atomic E-state index is 0.177. The molecular formula is C18H26N2O. The van der Waals surface area contributed by atoms with Crippen LogP contribution in [-0.2, 0) is 4.79 Å². The monoisotopic (exact) mass is 286 g/mol. The molecule has 2 unspecified atom stereocenters. The smallest absolute Gasteiger partial charge is 0.227 e. The molecule has 0 spiro atoms. The molecule has 0 radical (unpaired) electrons. The lowest BCUT2D eigenvalue weighted by Gasteiger charge is -2.30. The highest BCUT2D eigenvalue weighted by atomic mass is 16.2. The van der Waals surface area contributed by atoms with E-state index in [0.717, 1.165) is 30.1 Å². The minimum Gasteiger partial charge on any atom is -0.382 e. The Morgan fingerprint density at radius 2 is 2.00 bits per heavy atom. The Labute approximate surface area is 127 Å². The molecule has 3 nitrogen and oxygen atoms in total. The van der Waals surface area contributed by atoms with Crippen LogP contribution < -0.4 is 10.6 Å². The van der Waals surface area contributed by atoms with E-state index in [1.807, 2.05) is 12.1 Å². The maximum Gasteiger partial charge on any atom is 0.227 e. The number of carbonyl (C=O) groups excluding carboxylic acids is 1. The molecule has 0 saturated heterocycles. The molecule has 1 aromatic rings. The molecule has 21 heavy (non-hydrogen) atoms. The summed E-state index contributed by atoms with van der Waals surface area (Å²) >= 11 is 0. The lowest BCUT2D eigenvalue weighted by molar-refractivity contribution is -0.117. The highest BCUT2D eigenvalue weighted by molar-refractivity contribution is 5.94. The molecule has 2 aliphatic rings. The fraction of sp³-hybridized carbons (Fsp3) is 0.611. The normalized spacial score (nSPS) is 25.4. The summed E-state index contributed by atoms with van der Waals surface area (Å²) in [5, 5.41) is 6.67. The Kier molecular flexibility index (Phi) is 4.47. The third-order valence-corrected chi connectivity index (χ3v) is 4.81. The van der Waals surface area contributed by atoms with Crippen molar-refractivity contribution in [3.8, 4) is 0 Å². The molecule has 1 amide bonds. The largest absolute Gasteiger partial charge is 0.382 e. The quantitative estimate of drug-likeness (QED) is 0.841. The molecule has 2 atom stereocenters. The summed E-state index contributed by atoms with van der Waals surface area (Å²) in [6, 6.07) is 8.74. The van der Waals surface area contributed by atoms with Crippen molar-refractivity contribution in [3.63, 3.8) is 0 Å². The molecule has 0 heterocycles. The van der Waals surface area contributed by atoms with E-state index in [1.165, 1.54) is 32.1 Å². The van der Waals surface area contributed by atoms with Gasteiger partial charge in [-0.3, -0.25) is 4.79 Å². The van der Waals surface area contributed by atoms with E-state index < -0.39 is 0 Å². The maximum atomic E-state index is 11.8. The summed E-state index contributed by atoms with van der Waals surface area (Å²) in [4.78, 5) is 11.8. The lowest BCUT2D eigenvalue weighted by Crippen LogP contribution is -2.27. The van der Waals surface area contributed by atoms with Crippen LogP contribution >= 0.6 is 0 Å². The first kappa shape index (κ1) is 14.4. The Morgan fingerprint density at radius 1 is 1.19 bits per heavy atom. The predicted octanol–water partition coefficient (Wildman–Crippen LogP) is 4.42. The lowest BCUT2D eigenvalue weighted by atomic mass is 9.84. The van der Waals surface area contributed by atoms with Crippen molar-refractivity contribution >= 4 is 17.3 Å². The van der Waals surface area contributed by atoms with E-state index >= 15 is 0 Å². The molecule has 2 aliphatic carbocycles. The number of anilines is 2. The van der Waals surface area contributed by atoms with Crippen molar-refractivity contribution in [1.82, 2.24) is 0 Å². The van der Waals surface area contributed by atoms with Gasteiger partial charge in [0.15, 0.2) is 0 Å². The van der Waals surface area contributed by atoms with Gasteiger partial charge in [0.05, 0.1) is 0 Å². The van der Waals surface area contributed by atoms with Crippen LogP contribution in [0.1, 0.15) is 51.9 Å². The zero-order valence-corrected chi connectivity index (χ0v) is 12.9. The molecule has 3 heteroatoms. The molecule has 3 rings (SSSR count). The van der Waals surface area contributed by atoms with Crippen LogP contribution in [-0.4, -0.2) is 11.9 Å². The van der Waals surface area contributed by atoms with E-state index in [-0.39, 0.29) is 11.8 Å². The molecule has 2 saturated carbocycles. The van der Waals surface area contributed by atoms with Gasteiger partial charge in [0.2, 0.25) is 5.91 Å². The van der Waals surface area contributed by atoms with E-state index in [1.54, 1.807) is 0 Å². The van der Waals surface area contributed by atoms with Crippen molar-refractivity contribution in [2.24, 2.45) is 11.8 Å². The molecule has 2 N–H and O–H groups in total. The van der Waals surface area contributed by atoms with Gasteiger partial charge < -0.3 is 10.6 Å². The van der Waals surface area contributed by atoms with E-state index in [4.69, 9.17) is 0 Å². The number of nitrogens with one attached hydrogen (secondary N) is 2. The summed E-state index contributed by atoms with van der Waals surface area (Å²) in [6.07, 6.45) is 8.62. The third kappa shape index (κ3) is 3.99. The fourth-order valence-electron chi connectivity index (χ4n) is 3.31. The van der Waals surface area contributed by atoms with Gasteiger partial charge in [-0.15, -0.1) is 0 Å². The summed E-state index contributed by atoms with van der Waals surface area (Å²) in [5.74, 6) is 1.30. The standard InChI is InChI=1S/C18H26N2O/c1-2-13-5-3-6-15(11-13)19-16-7-4-8-17(12-16)20-18(21)14-9-10-14/h4,7-8,12-15,19H,2-3,5-6,9-11H2,1H3,(H,20,21). The zero-order chi connectivity index (χ0) is 14.7. The van der Waals surface area contributed by atoms with Gasteiger partial charge in [-0.1, -0.05) is 32.3 Å². The number of benzene rings is 1.